The second-order valence-electron chi connectivity index (χ2n) is 5.68. The second kappa shape index (κ2) is 7.53. The summed E-state index contributed by atoms with van der Waals surface area (Å²) >= 11 is 7.88. The summed E-state index contributed by atoms with van der Waals surface area (Å²) in [6, 6.07) is 5.69. The first-order valence-corrected chi connectivity index (χ1v) is 9.88. The average Bonchev–Trinajstić information content (AvgIpc) is 3.46. The molecule has 0 aliphatic carbocycles. The quantitative estimate of drug-likeness (QED) is 0.442. The van der Waals surface area contributed by atoms with E-state index in [4.69, 9.17) is 11.6 Å². The number of anilines is 2. The van der Waals surface area contributed by atoms with Gasteiger partial charge in [0.2, 0.25) is 5.13 Å². The lowest BCUT2D eigenvalue weighted by Gasteiger charge is -2.05. The summed E-state index contributed by atoms with van der Waals surface area (Å²) in [6.45, 7) is 4.00. The van der Waals surface area contributed by atoms with Gasteiger partial charge in [0, 0.05) is 24.2 Å². The van der Waals surface area contributed by atoms with E-state index in [1.54, 1.807) is 18.7 Å². The number of rotatable bonds is 3. The molecule has 0 amide bonds. The molecular formula is C18H17ClN8S. The molecule has 4 heterocycles. The number of hydrogen-bond donors (Lipinski definition) is 2. The molecule has 0 bridgehead atoms. The average molecular weight is 413 g/mol. The normalized spacial score (nSPS) is 10.9. The number of imidazole rings is 1. The highest BCUT2D eigenvalue weighted by Gasteiger charge is 2.15. The van der Waals surface area contributed by atoms with Gasteiger partial charge in [0.1, 0.15) is 5.52 Å². The molecule has 4 aromatic heterocycles. The van der Waals surface area contributed by atoms with Gasteiger partial charge >= 0.3 is 0 Å². The second-order valence-corrected chi connectivity index (χ2v) is 7.04. The lowest BCUT2D eigenvalue weighted by Crippen LogP contribution is -1.90. The maximum Gasteiger partial charge on any atom is 0.210 e. The predicted octanol–water partition coefficient (Wildman–Crippen LogP) is 4.79. The van der Waals surface area contributed by atoms with Gasteiger partial charge in [-0.3, -0.25) is 5.10 Å². The van der Waals surface area contributed by atoms with Crippen LogP contribution in [0.15, 0.2) is 36.9 Å². The Labute approximate surface area is 169 Å². The maximum atomic E-state index is 6.45. The van der Waals surface area contributed by atoms with Crippen LogP contribution in [0.1, 0.15) is 13.8 Å². The third-order valence-corrected chi connectivity index (χ3v) is 5.33. The van der Waals surface area contributed by atoms with Gasteiger partial charge in [0.25, 0.3) is 0 Å². The molecule has 5 aromatic rings. The van der Waals surface area contributed by atoms with E-state index in [9.17, 15) is 0 Å². The third kappa shape index (κ3) is 3.08. The number of halogens is 1. The van der Waals surface area contributed by atoms with E-state index in [-0.39, 0.29) is 0 Å². The van der Waals surface area contributed by atoms with Crippen LogP contribution in [0.25, 0.3) is 32.6 Å². The van der Waals surface area contributed by atoms with Crippen molar-refractivity contribution in [2.75, 3.05) is 5.32 Å². The molecule has 0 fully saturated rings. The molecule has 5 rings (SSSR count). The van der Waals surface area contributed by atoms with Crippen molar-refractivity contribution < 1.29 is 0 Å². The number of nitrogens with one attached hydrogen (secondary N) is 2. The topological polar surface area (TPSA) is 97.2 Å². The fraction of sp³-hybridized carbons (Fsp3) is 0.167. The fourth-order valence-electron chi connectivity index (χ4n) is 2.78. The van der Waals surface area contributed by atoms with Gasteiger partial charge in [-0.25, -0.2) is 9.97 Å². The SMILES string of the molecule is CC.Cn1cnc2c(-c3nnc(Nc4ccc5[nH]ncc5c4Cl)s3)ccnc21. The number of nitrogens with zero attached hydrogens (tertiary/aromatic N) is 6. The third-order valence-electron chi connectivity index (χ3n) is 4.05. The van der Waals surface area contributed by atoms with Crippen LogP contribution in [-0.4, -0.2) is 34.9 Å². The highest BCUT2D eigenvalue weighted by Crippen LogP contribution is 2.35. The van der Waals surface area contributed by atoms with Gasteiger partial charge in [-0.15, -0.1) is 10.2 Å². The van der Waals surface area contributed by atoms with Crippen molar-refractivity contribution in [2.45, 2.75) is 13.8 Å². The number of benzene rings is 1. The Morgan fingerprint density at radius 3 is 2.86 bits per heavy atom. The van der Waals surface area contributed by atoms with Crippen molar-refractivity contribution in [1.82, 2.24) is 34.9 Å². The van der Waals surface area contributed by atoms with Crippen LogP contribution in [0.2, 0.25) is 5.02 Å². The number of aryl methyl sites for hydroxylation is 1. The molecule has 0 saturated heterocycles. The lowest BCUT2D eigenvalue weighted by atomic mass is 10.2. The zero-order valence-corrected chi connectivity index (χ0v) is 17.0. The Bertz CT molecular complexity index is 1260. The Balaban J connectivity index is 0.000000932. The molecule has 1 aromatic carbocycles. The van der Waals surface area contributed by atoms with Gasteiger partial charge in [0.05, 0.1) is 28.8 Å². The van der Waals surface area contributed by atoms with Crippen molar-refractivity contribution in [3.05, 3.63) is 41.9 Å². The van der Waals surface area contributed by atoms with Gasteiger partial charge in [-0.2, -0.15) is 5.10 Å². The van der Waals surface area contributed by atoms with Crippen LogP contribution in [-0.2, 0) is 7.05 Å². The highest BCUT2D eigenvalue weighted by molar-refractivity contribution is 7.18. The first-order chi connectivity index (χ1) is 13.7. The number of aromatic amines is 1. The number of aromatic nitrogens is 7. The smallest absolute Gasteiger partial charge is 0.210 e. The molecule has 8 nitrogen and oxygen atoms in total. The first kappa shape index (κ1) is 18.3. The summed E-state index contributed by atoms with van der Waals surface area (Å²) in [5, 5.41) is 21.5. The minimum absolute atomic E-state index is 0.587. The summed E-state index contributed by atoms with van der Waals surface area (Å²) in [4.78, 5) is 8.77. The van der Waals surface area contributed by atoms with Crippen LogP contribution >= 0.6 is 22.9 Å². The molecule has 0 spiro atoms. The largest absolute Gasteiger partial charge is 0.329 e. The summed E-state index contributed by atoms with van der Waals surface area (Å²) in [7, 11) is 1.91. The van der Waals surface area contributed by atoms with E-state index in [1.807, 2.05) is 43.7 Å². The zero-order chi connectivity index (χ0) is 19.7. The number of H-pyrrole nitrogens is 1. The van der Waals surface area contributed by atoms with E-state index in [2.05, 4.69) is 35.7 Å². The van der Waals surface area contributed by atoms with E-state index >= 15 is 0 Å². The monoisotopic (exact) mass is 412 g/mol. The Morgan fingerprint density at radius 1 is 1.14 bits per heavy atom. The van der Waals surface area contributed by atoms with Gasteiger partial charge in [-0.1, -0.05) is 36.8 Å². The minimum Gasteiger partial charge on any atom is -0.329 e. The Kier molecular flexibility index (Phi) is 4.93. The van der Waals surface area contributed by atoms with Gasteiger partial charge in [0.15, 0.2) is 10.7 Å². The summed E-state index contributed by atoms with van der Waals surface area (Å²) in [5.74, 6) is 0. The van der Waals surface area contributed by atoms with Crippen molar-refractivity contribution in [1.29, 1.82) is 0 Å². The summed E-state index contributed by atoms with van der Waals surface area (Å²) < 4.78 is 1.87. The minimum atomic E-state index is 0.587. The molecule has 10 heteroatoms. The Morgan fingerprint density at radius 2 is 2.00 bits per heavy atom. The van der Waals surface area contributed by atoms with E-state index in [0.717, 1.165) is 38.3 Å². The van der Waals surface area contributed by atoms with Gasteiger partial charge in [-0.05, 0) is 18.2 Å². The van der Waals surface area contributed by atoms with Crippen molar-refractivity contribution in [3.63, 3.8) is 0 Å². The van der Waals surface area contributed by atoms with Crippen molar-refractivity contribution in [2.24, 2.45) is 7.05 Å². The molecule has 0 unspecified atom stereocenters. The summed E-state index contributed by atoms with van der Waals surface area (Å²) in [5.41, 5.74) is 4.14. The van der Waals surface area contributed by atoms with E-state index in [1.165, 1.54) is 11.3 Å². The van der Waals surface area contributed by atoms with Crippen LogP contribution in [0.3, 0.4) is 0 Å². The van der Waals surface area contributed by atoms with Gasteiger partial charge < -0.3 is 9.88 Å². The zero-order valence-electron chi connectivity index (χ0n) is 15.4. The van der Waals surface area contributed by atoms with Crippen LogP contribution in [0.5, 0.6) is 0 Å². The molecule has 0 radical (unpaired) electrons. The number of fused-ring (bicyclic) bond motifs is 2. The molecule has 0 atom stereocenters. The standard InChI is InChI=1S/C16H11ClN8S.C2H6/c1-25-7-19-13-8(4-5-18-14(13)25)15-23-24-16(26-15)21-11-3-2-10-9(12(11)17)6-20-22-10;1-2/h2-7H,1H3,(H,20,22)(H,21,24);1-2H3. The van der Waals surface area contributed by atoms with Crippen LogP contribution < -0.4 is 5.32 Å². The van der Waals surface area contributed by atoms with Crippen LogP contribution in [0.4, 0.5) is 10.8 Å². The number of hydrogen-bond acceptors (Lipinski definition) is 7. The predicted molar refractivity (Wildman–Crippen MR) is 113 cm³/mol. The van der Waals surface area contributed by atoms with Crippen molar-refractivity contribution in [3.8, 4) is 10.6 Å². The molecule has 0 saturated carbocycles. The maximum absolute atomic E-state index is 6.45. The molecular weight excluding hydrogens is 396 g/mol. The van der Waals surface area contributed by atoms with Crippen molar-refractivity contribution >= 4 is 55.8 Å². The summed E-state index contributed by atoms with van der Waals surface area (Å²) in [6.07, 6.45) is 5.18. The van der Waals surface area contributed by atoms with Crippen LogP contribution in [0, 0.1) is 0 Å². The Hall–Kier alpha value is -3.04. The first-order valence-electron chi connectivity index (χ1n) is 8.69. The highest BCUT2D eigenvalue weighted by atomic mass is 35.5. The van der Waals surface area contributed by atoms with E-state index < -0.39 is 0 Å². The molecule has 142 valence electrons. The molecule has 0 aliphatic heterocycles. The molecule has 28 heavy (non-hydrogen) atoms. The lowest BCUT2D eigenvalue weighted by molar-refractivity contribution is 0.931. The molecule has 2 N–H and O–H groups in total. The fourth-order valence-corrected chi connectivity index (χ4v) is 3.82. The molecule has 0 aliphatic rings. The van der Waals surface area contributed by atoms with E-state index in [0.29, 0.717) is 10.2 Å². The number of pyridine rings is 1.